The topological polar surface area (TPSA) is 41.1 Å². The Kier molecular flexibility index (Phi) is 2.54. The Morgan fingerprint density at radius 3 is 3.00 bits per heavy atom. The molecule has 13 heavy (non-hydrogen) atoms. The second-order valence-corrected chi connectivity index (χ2v) is 2.65. The van der Waals surface area contributed by atoms with Crippen molar-refractivity contribution in [3.63, 3.8) is 0 Å². The Labute approximate surface area is 82.0 Å². The van der Waals surface area contributed by atoms with Gasteiger partial charge in [-0.15, -0.1) is 12.4 Å². The van der Waals surface area contributed by atoms with Crippen molar-refractivity contribution in [1.29, 1.82) is 5.26 Å². The zero-order valence-electron chi connectivity index (χ0n) is 7.06. The number of aryl methyl sites for hydroxylation is 1. The largest absolute Gasteiger partial charge is 0.306 e. The van der Waals surface area contributed by atoms with Crippen LogP contribution in [0.1, 0.15) is 11.3 Å². The molecule has 0 aliphatic carbocycles. The fourth-order valence-corrected chi connectivity index (χ4v) is 1.22. The summed E-state index contributed by atoms with van der Waals surface area (Å²) in [6.07, 6.45) is 3.78. The maximum absolute atomic E-state index is 8.74. The second-order valence-electron chi connectivity index (χ2n) is 2.65. The number of nitriles is 1. The highest BCUT2D eigenvalue weighted by molar-refractivity contribution is 5.85. The van der Waals surface area contributed by atoms with Gasteiger partial charge in [0.1, 0.15) is 6.07 Å². The minimum absolute atomic E-state index is 0. The van der Waals surface area contributed by atoms with Gasteiger partial charge in [0.25, 0.3) is 0 Å². The van der Waals surface area contributed by atoms with Crippen LogP contribution in [-0.2, 0) is 0 Å². The van der Waals surface area contributed by atoms with E-state index in [0.717, 1.165) is 11.3 Å². The van der Waals surface area contributed by atoms with E-state index in [2.05, 4.69) is 11.1 Å². The third-order valence-corrected chi connectivity index (χ3v) is 1.72. The van der Waals surface area contributed by atoms with Crippen molar-refractivity contribution < 1.29 is 0 Å². The Hall–Kier alpha value is -1.53. The van der Waals surface area contributed by atoms with Crippen molar-refractivity contribution in [2.45, 2.75) is 6.92 Å². The first-order chi connectivity index (χ1) is 5.81. The molecule has 0 aliphatic rings. The molecule has 0 atom stereocenters. The lowest BCUT2D eigenvalue weighted by Crippen LogP contribution is -1.85. The van der Waals surface area contributed by atoms with Crippen molar-refractivity contribution in [2.75, 3.05) is 0 Å². The summed E-state index contributed by atoms with van der Waals surface area (Å²) < 4.78 is 1.86. The van der Waals surface area contributed by atoms with Gasteiger partial charge in [-0.25, -0.2) is 4.98 Å². The van der Waals surface area contributed by atoms with Gasteiger partial charge in [-0.1, -0.05) is 0 Å². The minimum Gasteiger partial charge on any atom is -0.306 e. The van der Waals surface area contributed by atoms with Gasteiger partial charge in [-0.05, 0) is 19.1 Å². The average Bonchev–Trinajstić information content (AvgIpc) is 2.44. The summed E-state index contributed by atoms with van der Waals surface area (Å²) in [4.78, 5) is 4.22. The van der Waals surface area contributed by atoms with E-state index in [4.69, 9.17) is 5.26 Å². The van der Waals surface area contributed by atoms with Gasteiger partial charge in [0.15, 0.2) is 5.65 Å². The molecule has 0 radical (unpaired) electrons. The molecule has 0 fully saturated rings. The lowest BCUT2D eigenvalue weighted by atomic mass is 10.3. The van der Waals surface area contributed by atoms with Crippen LogP contribution in [0.3, 0.4) is 0 Å². The van der Waals surface area contributed by atoms with E-state index in [1.54, 1.807) is 6.07 Å². The van der Waals surface area contributed by atoms with Gasteiger partial charge < -0.3 is 4.40 Å². The molecule has 66 valence electrons. The van der Waals surface area contributed by atoms with Crippen molar-refractivity contribution in [3.05, 3.63) is 35.8 Å². The minimum atomic E-state index is 0. The van der Waals surface area contributed by atoms with Gasteiger partial charge in [0, 0.05) is 12.4 Å². The molecule has 3 nitrogen and oxygen atoms in total. The van der Waals surface area contributed by atoms with E-state index in [-0.39, 0.29) is 12.4 Å². The number of imidazole rings is 1. The quantitative estimate of drug-likeness (QED) is 0.642. The summed E-state index contributed by atoms with van der Waals surface area (Å²) in [5, 5.41) is 8.74. The molecule has 0 unspecified atom stereocenters. The maximum Gasteiger partial charge on any atom is 0.154 e. The first-order valence-corrected chi connectivity index (χ1v) is 3.65. The molecule has 0 aromatic carbocycles. The monoisotopic (exact) mass is 193 g/mol. The predicted octanol–water partition coefficient (Wildman–Crippen LogP) is 1.94. The number of halogens is 1. The second kappa shape index (κ2) is 3.46. The summed E-state index contributed by atoms with van der Waals surface area (Å²) in [5.74, 6) is 0. The summed E-state index contributed by atoms with van der Waals surface area (Å²) in [7, 11) is 0. The van der Waals surface area contributed by atoms with Crippen molar-refractivity contribution >= 4 is 18.1 Å². The molecule has 2 aromatic rings. The number of rotatable bonds is 0. The van der Waals surface area contributed by atoms with Gasteiger partial charge in [-0.3, -0.25) is 0 Å². The Morgan fingerprint density at radius 2 is 2.31 bits per heavy atom. The molecule has 2 aromatic heterocycles. The Morgan fingerprint density at radius 1 is 1.54 bits per heavy atom. The van der Waals surface area contributed by atoms with Crippen LogP contribution in [0.4, 0.5) is 0 Å². The van der Waals surface area contributed by atoms with E-state index in [9.17, 15) is 0 Å². The molecular weight excluding hydrogens is 186 g/mol. The molecular formula is C9H8ClN3. The normalized spacial score (nSPS) is 9.23. The number of hydrogen-bond acceptors (Lipinski definition) is 2. The standard InChI is InChI=1S/C9H7N3.ClH/c1-7-6-12-4-2-3-8(5-10)9(12)11-7;/h2-4,6H,1H3;1H. The Bertz CT molecular complexity index is 467. The first-order valence-electron chi connectivity index (χ1n) is 3.65. The van der Waals surface area contributed by atoms with Crippen LogP contribution in [0.15, 0.2) is 24.5 Å². The number of nitrogens with zero attached hydrogens (tertiary/aromatic N) is 3. The van der Waals surface area contributed by atoms with Gasteiger partial charge in [0.05, 0.1) is 11.3 Å². The SMILES string of the molecule is Cc1cn2cccc(C#N)c2n1.Cl. The van der Waals surface area contributed by atoms with Crippen LogP contribution >= 0.6 is 12.4 Å². The number of hydrogen-bond donors (Lipinski definition) is 0. The molecule has 0 N–H and O–H groups in total. The zero-order valence-corrected chi connectivity index (χ0v) is 7.88. The summed E-state index contributed by atoms with van der Waals surface area (Å²) in [6, 6.07) is 5.71. The van der Waals surface area contributed by atoms with Crippen molar-refractivity contribution in [3.8, 4) is 6.07 Å². The highest BCUT2D eigenvalue weighted by Crippen LogP contribution is 2.08. The molecule has 0 saturated heterocycles. The smallest absolute Gasteiger partial charge is 0.154 e. The van der Waals surface area contributed by atoms with E-state index >= 15 is 0 Å². The van der Waals surface area contributed by atoms with Gasteiger partial charge in [0.2, 0.25) is 0 Å². The van der Waals surface area contributed by atoms with Crippen LogP contribution in [0.25, 0.3) is 5.65 Å². The van der Waals surface area contributed by atoms with Crippen LogP contribution in [0, 0.1) is 18.3 Å². The summed E-state index contributed by atoms with van der Waals surface area (Å²) in [5.41, 5.74) is 2.28. The predicted molar refractivity (Wildman–Crippen MR) is 51.9 cm³/mol. The van der Waals surface area contributed by atoms with Crippen molar-refractivity contribution in [2.24, 2.45) is 0 Å². The molecule has 2 heterocycles. The van der Waals surface area contributed by atoms with Crippen molar-refractivity contribution in [1.82, 2.24) is 9.38 Å². The lowest BCUT2D eigenvalue weighted by Gasteiger charge is -1.91. The van der Waals surface area contributed by atoms with Crippen LogP contribution in [0.5, 0.6) is 0 Å². The molecule has 0 amide bonds. The highest BCUT2D eigenvalue weighted by Gasteiger charge is 2.01. The van der Waals surface area contributed by atoms with E-state index in [1.807, 2.05) is 29.8 Å². The summed E-state index contributed by atoms with van der Waals surface area (Å²) >= 11 is 0. The molecule has 0 spiro atoms. The third-order valence-electron chi connectivity index (χ3n) is 1.72. The van der Waals surface area contributed by atoms with Crippen LogP contribution in [-0.4, -0.2) is 9.38 Å². The Balaban J connectivity index is 0.000000845. The molecule has 0 aliphatic heterocycles. The van der Waals surface area contributed by atoms with E-state index < -0.39 is 0 Å². The molecule has 0 saturated carbocycles. The highest BCUT2D eigenvalue weighted by atomic mass is 35.5. The van der Waals surface area contributed by atoms with Gasteiger partial charge in [-0.2, -0.15) is 5.26 Å². The first kappa shape index (κ1) is 9.56. The van der Waals surface area contributed by atoms with Crippen LogP contribution in [0.2, 0.25) is 0 Å². The molecule has 2 rings (SSSR count). The average molecular weight is 194 g/mol. The zero-order chi connectivity index (χ0) is 8.55. The van der Waals surface area contributed by atoms with Crippen LogP contribution < -0.4 is 0 Å². The van der Waals surface area contributed by atoms with E-state index in [0.29, 0.717) is 5.56 Å². The number of pyridine rings is 1. The fraction of sp³-hybridized carbons (Fsp3) is 0.111. The third kappa shape index (κ3) is 1.49. The van der Waals surface area contributed by atoms with Gasteiger partial charge >= 0.3 is 0 Å². The summed E-state index contributed by atoms with van der Waals surface area (Å²) in [6.45, 7) is 1.91. The molecule has 4 heteroatoms. The fourth-order valence-electron chi connectivity index (χ4n) is 1.22. The maximum atomic E-state index is 8.74. The van der Waals surface area contributed by atoms with E-state index in [1.165, 1.54) is 0 Å². The number of fused-ring (bicyclic) bond motifs is 1. The number of aromatic nitrogens is 2. The lowest BCUT2D eigenvalue weighted by molar-refractivity contribution is 1.18. The molecule has 0 bridgehead atoms.